The van der Waals surface area contributed by atoms with Gasteiger partial charge in [0.25, 0.3) is 5.91 Å². The molecule has 1 aromatic heterocycles. The third-order valence-electron chi connectivity index (χ3n) is 4.77. The van der Waals surface area contributed by atoms with E-state index in [2.05, 4.69) is 10.2 Å². The number of rotatable bonds is 1. The highest BCUT2D eigenvalue weighted by Gasteiger charge is 2.40. The number of H-pyrrole nitrogens is 1. The Bertz CT molecular complexity index is 673. The summed E-state index contributed by atoms with van der Waals surface area (Å²) in [6.45, 7) is 2.04. The molecule has 1 saturated carbocycles. The zero-order valence-electron chi connectivity index (χ0n) is 12.0. The second-order valence-electron chi connectivity index (χ2n) is 6.10. The molecule has 0 bridgehead atoms. The monoisotopic (exact) mass is 285 g/mol. The lowest BCUT2D eigenvalue weighted by Crippen LogP contribution is -2.52. The predicted molar refractivity (Wildman–Crippen MR) is 79.1 cm³/mol. The van der Waals surface area contributed by atoms with Gasteiger partial charge in [0.05, 0.1) is 36.0 Å². The Labute approximate surface area is 123 Å². The number of benzene rings is 1. The second-order valence-corrected chi connectivity index (χ2v) is 6.10. The quantitative estimate of drug-likeness (QED) is 0.875. The van der Waals surface area contributed by atoms with Gasteiger partial charge in [-0.15, -0.1) is 0 Å². The summed E-state index contributed by atoms with van der Waals surface area (Å²) < 4.78 is 6.00. The van der Waals surface area contributed by atoms with Gasteiger partial charge in [-0.1, -0.05) is 18.9 Å². The van der Waals surface area contributed by atoms with E-state index in [4.69, 9.17) is 4.74 Å². The molecule has 2 fully saturated rings. The van der Waals surface area contributed by atoms with Crippen LogP contribution in [0.25, 0.3) is 10.9 Å². The molecule has 0 atom stereocenters. The Balaban J connectivity index is 1.63. The summed E-state index contributed by atoms with van der Waals surface area (Å²) in [7, 11) is 0. The number of fused-ring (bicyclic) bond motifs is 1. The lowest BCUT2D eigenvalue weighted by Gasteiger charge is -2.40. The van der Waals surface area contributed by atoms with Crippen LogP contribution < -0.4 is 0 Å². The molecule has 4 rings (SSSR count). The van der Waals surface area contributed by atoms with Gasteiger partial charge in [0, 0.05) is 11.9 Å². The number of aromatic nitrogens is 2. The van der Waals surface area contributed by atoms with Gasteiger partial charge in [0.1, 0.15) is 0 Å². The molecule has 1 aliphatic carbocycles. The van der Waals surface area contributed by atoms with Crippen molar-refractivity contribution in [3.05, 3.63) is 30.0 Å². The number of hydrogen-bond donors (Lipinski definition) is 1. The van der Waals surface area contributed by atoms with Crippen molar-refractivity contribution in [2.75, 3.05) is 19.7 Å². The summed E-state index contributed by atoms with van der Waals surface area (Å²) in [4.78, 5) is 14.8. The first-order valence-corrected chi connectivity index (χ1v) is 7.63. The van der Waals surface area contributed by atoms with Gasteiger partial charge >= 0.3 is 0 Å². The minimum Gasteiger partial charge on any atom is -0.371 e. The molecule has 1 amide bonds. The normalized spacial score (nSPS) is 21.2. The van der Waals surface area contributed by atoms with E-state index in [1.807, 2.05) is 23.1 Å². The molecular weight excluding hydrogens is 266 g/mol. The number of carbonyl (C=O) groups is 1. The largest absolute Gasteiger partial charge is 0.371 e. The maximum absolute atomic E-state index is 12.9. The summed E-state index contributed by atoms with van der Waals surface area (Å²) in [5, 5.41) is 7.86. The van der Waals surface area contributed by atoms with Crippen LogP contribution in [0.5, 0.6) is 0 Å². The van der Waals surface area contributed by atoms with Crippen LogP contribution in [0.2, 0.25) is 0 Å². The standard InChI is InChI=1S/C16H19N3O2/c20-15(12-4-3-5-14-13(12)10-17-18-14)19-8-9-21-16(11-19)6-1-2-7-16/h3-5,10H,1-2,6-9,11H2,(H,17,18). The zero-order chi connectivity index (χ0) is 14.3. The van der Waals surface area contributed by atoms with E-state index in [9.17, 15) is 4.79 Å². The number of aromatic amines is 1. The second kappa shape index (κ2) is 4.84. The Morgan fingerprint density at radius 3 is 3.05 bits per heavy atom. The average molecular weight is 285 g/mol. The van der Waals surface area contributed by atoms with Crippen molar-refractivity contribution >= 4 is 16.8 Å². The highest BCUT2D eigenvalue weighted by molar-refractivity contribution is 6.06. The summed E-state index contributed by atoms with van der Waals surface area (Å²) >= 11 is 0. The fraction of sp³-hybridized carbons (Fsp3) is 0.500. The van der Waals surface area contributed by atoms with Crippen LogP contribution in [0.1, 0.15) is 36.0 Å². The van der Waals surface area contributed by atoms with E-state index in [1.165, 1.54) is 12.8 Å². The molecule has 1 N–H and O–H groups in total. The zero-order valence-corrected chi connectivity index (χ0v) is 12.0. The maximum Gasteiger partial charge on any atom is 0.254 e. The smallest absolute Gasteiger partial charge is 0.254 e. The molecule has 0 unspecified atom stereocenters. The highest BCUT2D eigenvalue weighted by Crippen LogP contribution is 2.36. The predicted octanol–water partition coefficient (Wildman–Crippen LogP) is 2.35. The first-order chi connectivity index (χ1) is 10.3. The number of amides is 1. The van der Waals surface area contributed by atoms with Crippen molar-refractivity contribution in [1.29, 1.82) is 0 Å². The summed E-state index contributed by atoms with van der Waals surface area (Å²) in [6, 6.07) is 5.73. The SMILES string of the molecule is O=C(c1cccc2[nH]ncc12)N1CCOC2(CCCC2)C1. The Morgan fingerprint density at radius 2 is 2.19 bits per heavy atom. The molecule has 1 spiro atoms. The molecule has 2 aromatic rings. The van der Waals surface area contributed by atoms with Gasteiger partial charge in [0.15, 0.2) is 0 Å². The van der Waals surface area contributed by atoms with Crippen LogP contribution in [0.4, 0.5) is 0 Å². The van der Waals surface area contributed by atoms with E-state index in [1.54, 1.807) is 6.20 Å². The van der Waals surface area contributed by atoms with Crippen molar-refractivity contribution in [2.24, 2.45) is 0 Å². The van der Waals surface area contributed by atoms with Crippen molar-refractivity contribution in [3.8, 4) is 0 Å². The van der Waals surface area contributed by atoms with Crippen LogP contribution in [0.15, 0.2) is 24.4 Å². The first kappa shape index (κ1) is 12.8. The Hall–Kier alpha value is -1.88. The molecule has 1 saturated heterocycles. The average Bonchev–Trinajstić information content (AvgIpc) is 3.15. The van der Waals surface area contributed by atoms with Crippen molar-refractivity contribution in [2.45, 2.75) is 31.3 Å². The summed E-state index contributed by atoms with van der Waals surface area (Å²) in [6.07, 6.45) is 6.30. The Kier molecular flexibility index (Phi) is 2.96. The molecular formula is C16H19N3O2. The third kappa shape index (κ3) is 2.12. The molecule has 5 heteroatoms. The molecule has 21 heavy (non-hydrogen) atoms. The summed E-state index contributed by atoms with van der Waals surface area (Å²) in [5.74, 6) is 0.0941. The fourth-order valence-corrected chi connectivity index (χ4v) is 3.67. The first-order valence-electron chi connectivity index (χ1n) is 7.63. The molecule has 5 nitrogen and oxygen atoms in total. The molecule has 110 valence electrons. The minimum atomic E-state index is -0.0851. The Morgan fingerprint density at radius 1 is 1.33 bits per heavy atom. The van der Waals surface area contributed by atoms with E-state index < -0.39 is 0 Å². The third-order valence-corrected chi connectivity index (χ3v) is 4.77. The van der Waals surface area contributed by atoms with Gasteiger partial charge in [-0.3, -0.25) is 9.89 Å². The van der Waals surface area contributed by atoms with E-state index in [0.717, 1.165) is 35.9 Å². The van der Waals surface area contributed by atoms with Gasteiger partial charge in [-0.25, -0.2) is 0 Å². The van der Waals surface area contributed by atoms with Crippen LogP contribution in [-0.2, 0) is 4.74 Å². The van der Waals surface area contributed by atoms with E-state index >= 15 is 0 Å². The van der Waals surface area contributed by atoms with E-state index in [0.29, 0.717) is 13.2 Å². The van der Waals surface area contributed by atoms with Crippen molar-refractivity contribution < 1.29 is 9.53 Å². The lowest BCUT2D eigenvalue weighted by molar-refractivity contribution is -0.0948. The molecule has 2 aliphatic rings. The van der Waals surface area contributed by atoms with Crippen LogP contribution in [0.3, 0.4) is 0 Å². The number of carbonyl (C=O) groups excluding carboxylic acids is 1. The molecule has 1 aliphatic heterocycles. The van der Waals surface area contributed by atoms with Crippen LogP contribution in [0, 0.1) is 0 Å². The number of nitrogens with one attached hydrogen (secondary N) is 1. The van der Waals surface area contributed by atoms with Crippen LogP contribution >= 0.6 is 0 Å². The van der Waals surface area contributed by atoms with Gasteiger partial charge in [-0.05, 0) is 25.0 Å². The van der Waals surface area contributed by atoms with Gasteiger partial charge in [0.2, 0.25) is 0 Å². The number of hydrogen-bond acceptors (Lipinski definition) is 3. The van der Waals surface area contributed by atoms with Gasteiger partial charge in [-0.2, -0.15) is 5.10 Å². The molecule has 2 heterocycles. The highest BCUT2D eigenvalue weighted by atomic mass is 16.5. The van der Waals surface area contributed by atoms with Crippen LogP contribution in [-0.4, -0.2) is 46.3 Å². The fourth-order valence-electron chi connectivity index (χ4n) is 3.67. The number of morpholine rings is 1. The lowest BCUT2D eigenvalue weighted by atomic mass is 9.99. The van der Waals surface area contributed by atoms with Gasteiger partial charge < -0.3 is 9.64 Å². The maximum atomic E-state index is 12.9. The van der Waals surface area contributed by atoms with Crippen molar-refractivity contribution in [3.63, 3.8) is 0 Å². The summed E-state index contributed by atoms with van der Waals surface area (Å²) in [5.41, 5.74) is 1.55. The number of nitrogens with zero attached hydrogens (tertiary/aromatic N) is 2. The molecule has 0 radical (unpaired) electrons. The van der Waals surface area contributed by atoms with E-state index in [-0.39, 0.29) is 11.5 Å². The minimum absolute atomic E-state index is 0.0851. The molecule has 1 aromatic carbocycles. The van der Waals surface area contributed by atoms with Crippen molar-refractivity contribution in [1.82, 2.24) is 15.1 Å². The number of ether oxygens (including phenoxy) is 1. The topological polar surface area (TPSA) is 58.2 Å².